The van der Waals surface area contributed by atoms with Gasteiger partial charge >= 0.3 is 0 Å². The Morgan fingerprint density at radius 2 is 1.32 bits per heavy atom. The maximum absolute atomic E-state index is 13.8. The van der Waals surface area contributed by atoms with Crippen LogP contribution in [-0.2, 0) is 14.4 Å². The van der Waals surface area contributed by atoms with E-state index < -0.39 is 24.0 Å². The summed E-state index contributed by atoms with van der Waals surface area (Å²) in [5.41, 5.74) is 2.55. The van der Waals surface area contributed by atoms with Gasteiger partial charge < -0.3 is 15.5 Å². The van der Waals surface area contributed by atoms with Crippen LogP contribution >= 0.6 is 11.8 Å². The predicted molar refractivity (Wildman–Crippen MR) is 143 cm³/mol. The second-order valence-corrected chi connectivity index (χ2v) is 9.35. The van der Waals surface area contributed by atoms with Crippen molar-refractivity contribution in [3.8, 4) is 0 Å². The smallest absolute Gasteiger partial charge is 0.250 e. The molecule has 0 saturated carbocycles. The zero-order valence-electron chi connectivity index (χ0n) is 20.6. The van der Waals surface area contributed by atoms with Gasteiger partial charge in [0.05, 0.1) is 12.1 Å². The molecule has 1 fully saturated rings. The highest BCUT2D eigenvalue weighted by Crippen LogP contribution is 2.27. The average Bonchev–Trinajstić information content (AvgIpc) is 3.45. The lowest BCUT2D eigenvalue weighted by molar-refractivity contribution is -0.141. The number of halogens is 1. The van der Waals surface area contributed by atoms with Crippen molar-refractivity contribution in [2.24, 2.45) is 0 Å². The molecule has 0 radical (unpaired) electrons. The largest absolute Gasteiger partial charge is 0.343 e. The number of likely N-dealkylation sites (tertiary alicyclic amines) is 1. The van der Waals surface area contributed by atoms with Crippen molar-refractivity contribution in [2.45, 2.75) is 43.9 Å². The Hall–Kier alpha value is -3.68. The standard InChI is InChI=1S/C29H31ClN4O3/c1-20(33-30)27(35)32-26(23-16-9-4-10-17-23)29(37)34-19-11-18-24(34)28(36)31-25(21-12-5-2-6-13-21)22-14-7-3-8-15-22/h2-10,12-17,20,24-26,33H,11,18-19H2,1H3,(H,31,36)(H,32,35). The van der Waals surface area contributed by atoms with E-state index in [4.69, 9.17) is 11.8 Å². The van der Waals surface area contributed by atoms with Gasteiger partial charge in [-0.25, -0.2) is 4.84 Å². The number of carbonyl (C=O) groups excluding carboxylic acids is 3. The molecule has 1 heterocycles. The van der Waals surface area contributed by atoms with Crippen molar-refractivity contribution in [1.82, 2.24) is 20.4 Å². The molecule has 3 N–H and O–H groups in total. The summed E-state index contributed by atoms with van der Waals surface area (Å²) in [4.78, 5) is 44.1. The first kappa shape index (κ1) is 26.4. The second kappa shape index (κ2) is 12.5. The van der Waals surface area contributed by atoms with Crippen molar-refractivity contribution < 1.29 is 14.4 Å². The zero-order valence-corrected chi connectivity index (χ0v) is 21.4. The monoisotopic (exact) mass is 518 g/mol. The molecule has 3 aromatic carbocycles. The van der Waals surface area contributed by atoms with Crippen LogP contribution in [0.2, 0.25) is 0 Å². The zero-order chi connectivity index (χ0) is 26.2. The van der Waals surface area contributed by atoms with Gasteiger partial charge in [-0.2, -0.15) is 0 Å². The molecule has 0 aliphatic carbocycles. The van der Waals surface area contributed by atoms with Crippen LogP contribution in [0.3, 0.4) is 0 Å². The average molecular weight is 519 g/mol. The number of benzene rings is 3. The van der Waals surface area contributed by atoms with Gasteiger partial charge in [-0.1, -0.05) is 91.0 Å². The van der Waals surface area contributed by atoms with Crippen LogP contribution in [0.5, 0.6) is 0 Å². The van der Waals surface area contributed by atoms with Gasteiger partial charge in [-0.3, -0.25) is 14.4 Å². The third-order valence-electron chi connectivity index (χ3n) is 6.61. The topological polar surface area (TPSA) is 90.5 Å². The van der Waals surface area contributed by atoms with E-state index in [-0.39, 0.29) is 17.9 Å². The molecular weight excluding hydrogens is 488 g/mol. The van der Waals surface area contributed by atoms with Crippen LogP contribution in [0, 0.1) is 0 Å². The maximum atomic E-state index is 13.8. The van der Waals surface area contributed by atoms with E-state index in [1.54, 1.807) is 24.0 Å². The molecule has 1 aliphatic heterocycles. The van der Waals surface area contributed by atoms with E-state index in [9.17, 15) is 14.4 Å². The molecule has 3 unspecified atom stereocenters. The van der Waals surface area contributed by atoms with Crippen molar-refractivity contribution in [2.75, 3.05) is 6.54 Å². The Morgan fingerprint density at radius 3 is 1.84 bits per heavy atom. The van der Waals surface area contributed by atoms with E-state index in [1.165, 1.54) is 0 Å². The summed E-state index contributed by atoms with van der Waals surface area (Å²) in [6, 6.07) is 25.9. The molecule has 8 heteroatoms. The fraction of sp³-hybridized carbons (Fsp3) is 0.276. The minimum Gasteiger partial charge on any atom is -0.343 e. The first-order valence-electron chi connectivity index (χ1n) is 12.4. The maximum Gasteiger partial charge on any atom is 0.250 e. The number of nitrogens with zero attached hydrogens (tertiary/aromatic N) is 1. The van der Waals surface area contributed by atoms with Gasteiger partial charge in [-0.15, -0.1) is 0 Å². The van der Waals surface area contributed by atoms with Gasteiger partial charge in [0.2, 0.25) is 17.7 Å². The molecule has 0 bridgehead atoms. The number of rotatable bonds is 9. The second-order valence-electron chi connectivity index (χ2n) is 9.14. The minimum absolute atomic E-state index is 0.225. The lowest BCUT2D eigenvalue weighted by Crippen LogP contribution is -2.52. The van der Waals surface area contributed by atoms with Gasteiger partial charge in [0.25, 0.3) is 0 Å². The molecule has 0 spiro atoms. The highest BCUT2D eigenvalue weighted by atomic mass is 35.5. The lowest BCUT2D eigenvalue weighted by atomic mass is 9.98. The Morgan fingerprint density at radius 1 is 0.811 bits per heavy atom. The summed E-state index contributed by atoms with van der Waals surface area (Å²) in [6.45, 7) is 2.04. The summed E-state index contributed by atoms with van der Waals surface area (Å²) in [7, 11) is 0. The highest BCUT2D eigenvalue weighted by molar-refractivity contribution is 6.15. The molecule has 0 aromatic heterocycles. The van der Waals surface area contributed by atoms with E-state index in [0.29, 0.717) is 24.9 Å². The van der Waals surface area contributed by atoms with E-state index >= 15 is 0 Å². The quantitative estimate of drug-likeness (QED) is 0.375. The van der Waals surface area contributed by atoms with Crippen LogP contribution in [-0.4, -0.2) is 41.2 Å². The van der Waals surface area contributed by atoms with Crippen LogP contribution in [0.25, 0.3) is 0 Å². The summed E-state index contributed by atoms with van der Waals surface area (Å²) in [5, 5.41) is 5.98. The van der Waals surface area contributed by atoms with Crippen molar-refractivity contribution in [3.05, 3.63) is 108 Å². The molecule has 7 nitrogen and oxygen atoms in total. The van der Waals surface area contributed by atoms with Crippen LogP contribution in [0.4, 0.5) is 0 Å². The number of carbonyl (C=O) groups is 3. The Bertz CT molecular complexity index is 1150. The molecule has 1 saturated heterocycles. The molecule has 3 aromatic rings. The SMILES string of the molecule is CC(NCl)C(=O)NC(C(=O)N1CCCC1C(=O)NC(c1ccccc1)c1ccccc1)c1ccccc1. The number of hydrogen-bond acceptors (Lipinski definition) is 4. The predicted octanol–water partition coefficient (Wildman–Crippen LogP) is 3.87. The van der Waals surface area contributed by atoms with Gasteiger partial charge in [0, 0.05) is 6.54 Å². The highest BCUT2D eigenvalue weighted by Gasteiger charge is 2.39. The summed E-state index contributed by atoms with van der Waals surface area (Å²) >= 11 is 5.64. The Kier molecular flexibility index (Phi) is 8.93. The lowest BCUT2D eigenvalue weighted by Gasteiger charge is -2.30. The fourth-order valence-corrected chi connectivity index (χ4v) is 4.71. The summed E-state index contributed by atoms with van der Waals surface area (Å²) < 4.78 is 0. The molecule has 3 amide bonds. The van der Waals surface area contributed by atoms with Gasteiger partial charge in [-0.05, 0) is 48.2 Å². The number of amides is 3. The summed E-state index contributed by atoms with van der Waals surface area (Å²) in [5.74, 6) is -0.960. The van der Waals surface area contributed by atoms with Crippen LogP contribution in [0.1, 0.15) is 48.5 Å². The van der Waals surface area contributed by atoms with Gasteiger partial charge in [0.15, 0.2) is 0 Å². The van der Waals surface area contributed by atoms with Crippen molar-refractivity contribution in [3.63, 3.8) is 0 Å². The van der Waals surface area contributed by atoms with Crippen LogP contribution < -0.4 is 15.5 Å². The third-order valence-corrected chi connectivity index (χ3v) is 6.94. The Balaban J connectivity index is 1.57. The Labute approximate surface area is 222 Å². The molecule has 4 rings (SSSR count). The van der Waals surface area contributed by atoms with Crippen molar-refractivity contribution in [1.29, 1.82) is 0 Å². The number of hydrogen-bond donors (Lipinski definition) is 3. The molecule has 1 aliphatic rings. The minimum atomic E-state index is -0.936. The molecular formula is C29H31ClN4O3. The molecule has 192 valence electrons. The molecule has 3 atom stereocenters. The van der Waals surface area contributed by atoms with E-state index in [2.05, 4.69) is 15.5 Å². The van der Waals surface area contributed by atoms with E-state index in [1.807, 2.05) is 78.9 Å². The summed E-state index contributed by atoms with van der Waals surface area (Å²) in [6.07, 6.45) is 1.24. The van der Waals surface area contributed by atoms with Gasteiger partial charge in [0.1, 0.15) is 12.1 Å². The first-order chi connectivity index (χ1) is 18.0. The number of nitrogens with one attached hydrogen (secondary N) is 3. The fourth-order valence-electron chi connectivity index (χ4n) is 4.61. The van der Waals surface area contributed by atoms with E-state index in [0.717, 1.165) is 11.1 Å². The van der Waals surface area contributed by atoms with Crippen molar-refractivity contribution >= 4 is 29.5 Å². The molecule has 37 heavy (non-hydrogen) atoms. The normalized spacial score (nSPS) is 16.7. The third kappa shape index (κ3) is 6.37. The first-order valence-corrected chi connectivity index (χ1v) is 12.8. The van der Waals surface area contributed by atoms with Crippen LogP contribution in [0.15, 0.2) is 91.0 Å².